The molecule has 1 saturated carbocycles. The van der Waals surface area contributed by atoms with Crippen molar-refractivity contribution >= 4 is 17.9 Å². The number of hydrogen-bond donors (Lipinski definition) is 1. The predicted octanol–water partition coefficient (Wildman–Crippen LogP) is 3.56. The molecule has 0 amide bonds. The van der Waals surface area contributed by atoms with Crippen LogP contribution in [0.25, 0.3) is 0 Å². The molecule has 1 aliphatic heterocycles. The van der Waals surface area contributed by atoms with Crippen LogP contribution < -0.4 is 0 Å². The molecule has 6 atom stereocenters. The maximum Gasteiger partial charge on any atom is 0.338 e. The summed E-state index contributed by atoms with van der Waals surface area (Å²) in [4.78, 5) is 39.1. The smallest absolute Gasteiger partial charge is 0.338 e. The van der Waals surface area contributed by atoms with Gasteiger partial charge in [0.15, 0.2) is 24.1 Å². The Morgan fingerprint density at radius 1 is 0.590 bits per heavy atom. The Balaban J connectivity index is 1.49. The van der Waals surface area contributed by atoms with E-state index in [1.165, 1.54) is 0 Å². The molecule has 2 aliphatic rings. The van der Waals surface area contributed by atoms with Crippen LogP contribution in [0, 0.1) is 0 Å². The fourth-order valence-electron chi connectivity index (χ4n) is 4.79. The van der Waals surface area contributed by atoms with Gasteiger partial charge < -0.3 is 28.8 Å². The Morgan fingerprint density at radius 2 is 0.923 bits per heavy atom. The average Bonchev–Trinajstić information content (AvgIpc) is 3.28. The fraction of sp³-hybridized carbons (Fsp3) is 0.300. The number of benzene rings is 3. The molecule has 1 N–H and O–H groups in total. The zero-order valence-electron chi connectivity index (χ0n) is 21.3. The number of hydrogen-bond acceptors (Lipinski definition) is 9. The second kappa shape index (κ2) is 11.0. The molecular weight excluding hydrogens is 504 g/mol. The minimum absolute atomic E-state index is 0.224. The monoisotopic (exact) mass is 532 g/mol. The Hall–Kier alpha value is -4.05. The van der Waals surface area contributed by atoms with Crippen molar-refractivity contribution in [2.45, 2.75) is 56.3 Å². The van der Waals surface area contributed by atoms with E-state index in [0.29, 0.717) is 0 Å². The second-order valence-corrected chi connectivity index (χ2v) is 9.76. The molecule has 9 nitrogen and oxygen atoms in total. The minimum Gasteiger partial charge on any atom is -0.453 e. The maximum atomic E-state index is 13.1. The first-order valence-electron chi connectivity index (χ1n) is 12.6. The summed E-state index contributed by atoms with van der Waals surface area (Å²) >= 11 is 0. The summed E-state index contributed by atoms with van der Waals surface area (Å²) in [6.45, 7) is 3.30. The lowest BCUT2D eigenvalue weighted by atomic mass is 9.84. The number of ether oxygens (including phenoxy) is 5. The van der Waals surface area contributed by atoms with E-state index in [-0.39, 0.29) is 16.7 Å². The summed E-state index contributed by atoms with van der Waals surface area (Å²) < 4.78 is 29.4. The maximum absolute atomic E-state index is 13.1. The molecule has 202 valence electrons. The Labute approximate surface area is 225 Å². The first kappa shape index (κ1) is 26.6. The van der Waals surface area contributed by atoms with Gasteiger partial charge in [0.25, 0.3) is 0 Å². The van der Waals surface area contributed by atoms with Crippen LogP contribution in [-0.4, -0.2) is 65.4 Å². The van der Waals surface area contributed by atoms with E-state index in [1.54, 1.807) is 105 Å². The van der Waals surface area contributed by atoms with Crippen LogP contribution >= 0.6 is 0 Å². The van der Waals surface area contributed by atoms with Gasteiger partial charge in [-0.3, -0.25) is 0 Å². The van der Waals surface area contributed by atoms with E-state index in [9.17, 15) is 19.5 Å². The van der Waals surface area contributed by atoms with E-state index in [1.807, 2.05) is 0 Å². The topological polar surface area (TPSA) is 118 Å². The molecule has 0 radical (unpaired) electrons. The Kier molecular flexibility index (Phi) is 7.47. The molecule has 0 bridgehead atoms. The van der Waals surface area contributed by atoms with Crippen molar-refractivity contribution < 1.29 is 43.2 Å². The normalized spacial score (nSPS) is 27.2. The van der Waals surface area contributed by atoms with Gasteiger partial charge in [-0.25, -0.2) is 14.4 Å². The largest absolute Gasteiger partial charge is 0.453 e. The third-order valence-electron chi connectivity index (χ3n) is 6.57. The SMILES string of the molecule is CC1(C)O[C@@H]2[C@@H](O1)[C@H](OC(=O)c1ccccc1)[C@@H](O)[C@H](OC(=O)c1ccccc1)[C@@H]2OC(=O)c1ccccc1. The van der Waals surface area contributed by atoms with Crippen LogP contribution in [-0.2, 0) is 23.7 Å². The highest BCUT2D eigenvalue weighted by molar-refractivity contribution is 5.91. The number of aliphatic hydroxyl groups excluding tert-OH is 1. The summed E-state index contributed by atoms with van der Waals surface area (Å²) in [5, 5.41) is 11.5. The molecule has 9 heteroatoms. The summed E-state index contributed by atoms with van der Waals surface area (Å²) in [5.74, 6) is -3.35. The average molecular weight is 533 g/mol. The molecule has 5 rings (SSSR count). The van der Waals surface area contributed by atoms with Gasteiger partial charge in [-0.1, -0.05) is 54.6 Å². The van der Waals surface area contributed by atoms with Crippen LogP contribution in [0.3, 0.4) is 0 Å². The minimum atomic E-state index is -1.61. The van der Waals surface area contributed by atoms with Crippen LogP contribution in [0.15, 0.2) is 91.0 Å². The number of fused-ring (bicyclic) bond motifs is 1. The van der Waals surface area contributed by atoms with Gasteiger partial charge in [0, 0.05) is 0 Å². The Bertz CT molecular complexity index is 1310. The molecular formula is C30H28O9. The summed E-state index contributed by atoms with van der Waals surface area (Å²) in [6.07, 6.45) is -7.69. The van der Waals surface area contributed by atoms with Crippen LogP contribution in [0.5, 0.6) is 0 Å². The van der Waals surface area contributed by atoms with Crippen molar-refractivity contribution in [2.24, 2.45) is 0 Å². The lowest BCUT2D eigenvalue weighted by molar-refractivity contribution is -0.194. The molecule has 0 aromatic heterocycles. The van der Waals surface area contributed by atoms with Gasteiger partial charge in [0.05, 0.1) is 16.7 Å². The lowest BCUT2D eigenvalue weighted by Crippen LogP contribution is -2.65. The van der Waals surface area contributed by atoms with Crippen LogP contribution in [0.1, 0.15) is 44.9 Å². The van der Waals surface area contributed by atoms with Crippen molar-refractivity contribution in [1.82, 2.24) is 0 Å². The van der Waals surface area contributed by atoms with Gasteiger partial charge in [-0.2, -0.15) is 0 Å². The molecule has 0 unspecified atom stereocenters. The lowest BCUT2D eigenvalue weighted by Gasteiger charge is -2.43. The van der Waals surface area contributed by atoms with Crippen molar-refractivity contribution in [2.75, 3.05) is 0 Å². The zero-order chi connectivity index (χ0) is 27.6. The van der Waals surface area contributed by atoms with Crippen LogP contribution in [0.4, 0.5) is 0 Å². The summed E-state index contributed by atoms with van der Waals surface area (Å²) in [5.41, 5.74) is 0.740. The highest BCUT2D eigenvalue weighted by Crippen LogP contribution is 2.41. The van der Waals surface area contributed by atoms with Gasteiger partial charge in [0.2, 0.25) is 0 Å². The number of carbonyl (C=O) groups is 3. The highest BCUT2D eigenvalue weighted by atomic mass is 16.8. The van der Waals surface area contributed by atoms with Gasteiger partial charge in [0.1, 0.15) is 18.3 Å². The van der Waals surface area contributed by atoms with Crippen molar-refractivity contribution in [3.05, 3.63) is 108 Å². The molecule has 2 fully saturated rings. The zero-order valence-corrected chi connectivity index (χ0v) is 21.3. The fourth-order valence-corrected chi connectivity index (χ4v) is 4.79. The van der Waals surface area contributed by atoms with E-state index < -0.39 is 60.3 Å². The quantitative estimate of drug-likeness (QED) is 0.376. The van der Waals surface area contributed by atoms with E-state index in [4.69, 9.17) is 23.7 Å². The highest BCUT2D eigenvalue weighted by Gasteiger charge is 2.62. The third-order valence-corrected chi connectivity index (χ3v) is 6.57. The molecule has 3 aromatic carbocycles. The molecule has 1 heterocycles. The predicted molar refractivity (Wildman–Crippen MR) is 137 cm³/mol. The van der Waals surface area contributed by atoms with Crippen molar-refractivity contribution in [3.8, 4) is 0 Å². The number of esters is 3. The van der Waals surface area contributed by atoms with E-state index in [2.05, 4.69) is 0 Å². The molecule has 0 spiro atoms. The van der Waals surface area contributed by atoms with E-state index in [0.717, 1.165) is 0 Å². The van der Waals surface area contributed by atoms with Crippen LogP contribution in [0.2, 0.25) is 0 Å². The standard InChI is InChI=1S/C30H28O9/c1-30(2)38-25-23(36-28(33)19-14-8-4-9-15-19)21(31)22(35-27(32)18-12-6-3-7-13-18)24(26(25)39-30)37-29(34)20-16-10-5-11-17-20/h3-17,21-26,31H,1-2H3/t21-,22-,23+,24-,25-,26-/m0/s1. The molecule has 3 aromatic rings. The van der Waals surface area contributed by atoms with E-state index >= 15 is 0 Å². The first-order chi connectivity index (χ1) is 18.7. The number of carbonyl (C=O) groups excluding carboxylic acids is 3. The summed E-state index contributed by atoms with van der Waals surface area (Å²) in [6, 6.07) is 24.7. The molecule has 1 saturated heterocycles. The number of aliphatic hydroxyl groups is 1. The molecule has 1 aliphatic carbocycles. The van der Waals surface area contributed by atoms with Crippen molar-refractivity contribution in [3.63, 3.8) is 0 Å². The van der Waals surface area contributed by atoms with Gasteiger partial charge in [-0.15, -0.1) is 0 Å². The number of rotatable bonds is 6. The van der Waals surface area contributed by atoms with Gasteiger partial charge >= 0.3 is 17.9 Å². The van der Waals surface area contributed by atoms with Crippen molar-refractivity contribution in [1.29, 1.82) is 0 Å². The second-order valence-electron chi connectivity index (χ2n) is 9.76. The Morgan fingerprint density at radius 3 is 1.33 bits per heavy atom. The summed E-state index contributed by atoms with van der Waals surface area (Å²) in [7, 11) is 0. The molecule has 39 heavy (non-hydrogen) atoms. The third kappa shape index (κ3) is 5.70. The van der Waals surface area contributed by atoms with Gasteiger partial charge in [-0.05, 0) is 50.2 Å². The first-order valence-corrected chi connectivity index (χ1v) is 12.6.